The van der Waals surface area contributed by atoms with Gasteiger partial charge in [-0.25, -0.2) is 4.98 Å². The van der Waals surface area contributed by atoms with Crippen LogP contribution >= 0.6 is 0 Å². The van der Waals surface area contributed by atoms with Gasteiger partial charge in [0.15, 0.2) is 5.65 Å². The van der Waals surface area contributed by atoms with Crippen LogP contribution in [-0.4, -0.2) is 57.7 Å². The second kappa shape index (κ2) is 8.47. The molecule has 2 amide bonds. The van der Waals surface area contributed by atoms with Crippen LogP contribution in [0.25, 0.3) is 11.0 Å². The number of nitrogens with one attached hydrogen (secondary N) is 2. The first-order valence-electron chi connectivity index (χ1n) is 10.7. The zero-order valence-electron chi connectivity index (χ0n) is 17.3. The molecule has 1 fully saturated rings. The average Bonchev–Trinajstić information content (AvgIpc) is 3.49. The average molecular weight is 419 g/mol. The molecule has 0 unspecified atom stereocenters. The Morgan fingerprint density at radius 3 is 3.10 bits per heavy atom. The van der Waals surface area contributed by atoms with E-state index in [1.807, 2.05) is 23.2 Å². The van der Waals surface area contributed by atoms with Crippen molar-refractivity contribution in [1.82, 2.24) is 25.4 Å². The third kappa shape index (κ3) is 4.16. The molecule has 0 aliphatic carbocycles. The van der Waals surface area contributed by atoms with Crippen LogP contribution < -0.4 is 5.32 Å². The van der Waals surface area contributed by atoms with Crippen molar-refractivity contribution in [2.75, 3.05) is 19.7 Å². The Labute approximate surface area is 180 Å². The minimum Gasteiger partial charge on any atom is -0.376 e. The van der Waals surface area contributed by atoms with Crippen LogP contribution in [0.2, 0.25) is 0 Å². The number of hydrogen-bond donors (Lipinski definition) is 2. The lowest BCUT2D eigenvalue weighted by Gasteiger charge is -2.29. The minimum absolute atomic E-state index is 0.0508. The number of hydrogen-bond acceptors (Lipinski definition) is 5. The van der Waals surface area contributed by atoms with Crippen molar-refractivity contribution in [1.29, 1.82) is 0 Å². The number of amides is 2. The fraction of sp³-hybridized carbons (Fsp3) is 0.391. The second-order valence-electron chi connectivity index (χ2n) is 8.18. The molecule has 31 heavy (non-hydrogen) atoms. The zero-order chi connectivity index (χ0) is 21.2. The van der Waals surface area contributed by atoms with Crippen molar-refractivity contribution >= 4 is 22.8 Å². The van der Waals surface area contributed by atoms with Gasteiger partial charge < -0.3 is 15.0 Å². The van der Waals surface area contributed by atoms with E-state index in [0.29, 0.717) is 25.2 Å². The maximum absolute atomic E-state index is 12.9. The summed E-state index contributed by atoms with van der Waals surface area (Å²) in [6.07, 6.45) is 6.81. The van der Waals surface area contributed by atoms with Gasteiger partial charge in [0.25, 0.3) is 5.91 Å². The number of aromatic nitrogens is 3. The van der Waals surface area contributed by atoms with Gasteiger partial charge in [0.05, 0.1) is 18.7 Å². The first-order chi connectivity index (χ1) is 15.2. The highest BCUT2D eigenvalue weighted by atomic mass is 16.5. The van der Waals surface area contributed by atoms with Crippen molar-refractivity contribution in [2.24, 2.45) is 0 Å². The SMILES string of the molecule is O=C(NC[C@@H]1CCCO1)c1cccc(CC(=O)N2CCc3c(cnc4[nH]ncc34)C2)c1. The van der Waals surface area contributed by atoms with E-state index >= 15 is 0 Å². The van der Waals surface area contributed by atoms with E-state index in [9.17, 15) is 9.59 Å². The largest absolute Gasteiger partial charge is 0.376 e. The Morgan fingerprint density at radius 1 is 1.29 bits per heavy atom. The minimum atomic E-state index is -0.132. The quantitative estimate of drug-likeness (QED) is 0.659. The van der Waals surface area contributed by atoms with Gasteiger partial charge in [-0.15, -0.1) is 0 Å². The molecule has 0 saturated carbocycles. The number of benzene rings is 1. The first-order valence-corrected chi connectivity index (χ1v) is 10.7. The topological polar surface area (TPSA) is 100 Å². The van der Waals surface area contributed by atoms with Gasteiger partial charge in [-0.05, 0) is 48.1 Å². The standard InChI is InChI=1S/C23H25N5O3/c29-21(28-7-6-19-17(14-28)11-24-22-20(19)13-26-27-22)10-15-3-1-4-16(9-15)23(30)25-12-18-5-2-8-31-18/h1,3-4,9,11,13,18H,2,5-8,10,12,14H2,(H,25,30)(H,24,26,27)/t18-/m0/s1. The molecule has 8 nitrogen and oxygen atoms in total. The molecule has 3 aromatic rings. The van der Waals surface area contributed by atoms with Crippen LogP contribution in [0.3, 0.4) is 0 Å². The Kier molecular flexibility index (Phi) is 5.38. The predicted octanol–water partition coefficient (Wildman–Crippen LogP) is 1.99. The highest BCUT2D eigenvalue weighted by Gasteiger charge is 2.23. The lowest BCUT2D eigenvalue weighted by atomic mass is 9.98. The summed E-state index contributed by atoms with van der Waals surface area (Å²) >= 11 is 0. The van der Waals surface area contributed by atoms with Gasteiger partial charge >= 0.3 is 0 Å². The fourth-order valence-electron chi connectivity index (χ4n) is 4.39. The van der Waals surface area contributed by atoms with Crippen molar-refractivity contribution < 1.29 is 14.3 Å². The predicted molar refractivity (Wildman–Crippen MR) is 114 cm³/mol. The Morgan fingerprint density at radius 2 is 2.23 bits per heavy atom. The fourth-order valence-corrected chi connectivity index (χ4v) is 4.39. The smallest absolute Gasteiger partial charge is 0.251 e. The van der Waals surface area contributed by atoms with Crippen molar-refractivity contribution in [3.8, 4) is 0 Å². The van der Waals surface area contributed by atoms with Crippen LogP contribution in [-0.2, 0) is 28.9 Å². The van der Waals surface area contributed by atoms with Crippen LogP contribution in [0.4, 0.5) is 0 Å². The van der Waals surface area contributed by atoms with E-state index in [-0.39, 0.29) is 24.3 Å². The molecule has 1 atom stereocenters. The van der Waals surface area contributed by atoms with E-state index in [1.54, 1.807) is 18.3 Å². The van der Waals surface area contributed by atoms with E-state index in [1.165, 1.54) is 5.56 Å². The second-order valence-corrected chi connectivity index (χ2v) is 8.18. The molecule has 0 spiro atoms. The third-order valence-electron chi connectivity index (χ3n) is 6.09. The van der Waals surface area contributed by atoms with Gasteiger partial charge in [0, 0.05) is 43.4 Å². The summed E-state index contributed by atoms with van der Waals surface area (Å²) in [7, 11) is 0. The van der Waals surface area contributed by atoms with Gasteiger partial charge in [0.1, 0.15) is 0 Å². The van der Waals surface area contributed by atoms with Crippen molar-refractivity contribution in [3.63, 3.8) is 0 Å². The molecule has 0 bridgehead atoms. The highest BCUT2D eigenvalue weighted by Crippen LogP contribution is 2.25. The normalized spacial score (nSPS) is 18.2. The molecular formula is C23H25N5O3. The monoisotopic (exact) mass is 419 g/mol. The van der Waals surface area contributed by atoms with Crippen LogP contribution in [0.1, 0.15) is 39.9 Å². The van der Waals surface area contributed by atoms with Crippen molar-refractivity contribution in [3.05, 3.63) is 58.9 Å². The maximum Gasteiger partial charge on any atom is 0.251 e. The van der Waals surface area contributed by atoms with Gasteiger partial charge in [-0.2, -0.15) is 5.10 Å². The molecule has 5 rings (SSSR count). The summed E-state index contributed by atoms with van der Waals surface area (Å²) in [5, 5.41) is 10.9. The lowest BCUT2D eigenvalue weighted by molar-refractivity contribution is -0.131. The first kappa shape index (κ1) is 19.7. The zero-order valence-corrected chi connectivity index (χ0v) is 17.3. The third-order valence-corrected chi connectivity index (χ3v) is 6.09. The van der Waals surface area contributed by atoms with Crippen LogP contribution in [0.5, 0.6) is 0 Å². The number of carbonyl (C=O) groups excluding carboxylic acids is 2. The van der Waals surface area contributed by atoms with E-state index in [4.69, 9.17) is 4.74 Å². The van der Waals surface area contributed by atoms with Crippen LogP contribution in [0.15, 0.2) is 36.7 Å². The molecule has 2 N–H and O–H groups in total. The highest BCUT2D eigenvalue weighted by molar-refractivity contribution is 5.94. The van der Waals surface area contributed by atoms with E-state index < -0.39 is 0 Å². The molecule has 0 radical (unpaired) electrons. The van der Waals surface area contributed by atoms with E-state index in [2.05, 4.69) is 20.5 Å². The summed E-state index contributed by atoms with van der Waals surface area (Å²) < 4.78 is 5.55. The summed E-state index contributed by atoms with van der Waals surface area (Å²) in [4.78, 5) is 31.7. The lowest BCUT2D eigenvalue weighted by Crippen LogP contribution is -2.37. The number of aromatic amines is 1. The number of ether oxygens (including phenoxy) is 1. The summed E-state index contributed by atoms with van der Waals surface area (Å²) in [6.45, 7) is 2.50. The molecule has 2 aromatic heterocycles. The molecule has 1 aromatic carbocycles. The van der Waals surface area contributed by atoms with Crippen molar-refractivity contribution in [2.45, 2.75) is 38.3 Å². The van der Waals surface area contributed by atoms with E-state index in [0.717, 1.165) is 48.0 Å². The summed E-state index contributed by atoms with van der Waals surface area (Å²) in [5.41, 5.74) is 4.47. The molecular weight excluding hydrogens is 394 g/mol. The Bertz CT molecular complexity index is 1120. The molecule has 2 aliphatic rings. The number of pyridine rings is 1. The van der Waals surface area contributed by atoms with Gasteiger partial charge in [0.2, 0.25) is 5.91 Å². The Balaban J connectivity index is 1.22. The van der Waals surface area contributed by atoms with Crippen LogP contribution in [0, 0.1) is 0 Å². The summed E-state index contributed by atoms with van der Waals surface area (Å²) in [6, 6.07) is 7.30. The number of fused-ring (bicyclic) bond motifs is 3. The molecule has 160 valence electrons. The van der Waals surface area contributed by atoms with Gasteiger partial charge in [-0.3, -0.25) is 14.7 Å². The molecule has 1 saturated heterocycles. The number of rotatable bonds is 5. The Hall–Kier alpha value is -3.26. The number of nitrogens with zero attached hydrogens (tertiary/aromatic N) is 3. The molecule has 2 aliphatic heterocycles. The maximum atomic E-state index is 12.9. The number of carbonyl (C=O) groups is 2. The summed E-state index contributed by atoms with van der Waals surface area (Å²) in [5.74, 6) is -0.0817. The molecule has 8 heteroatoms. The number of H-pyrrole nitrogens is 1. The molecule has 4 heterocycles. The van der Waals surface area contributed by atoms with Gasteiger partial charge in [-0.1, -0.05) is 12.1 Å².